The number of benzene rings is 2. The quantitative estimate of drug-likeness (QED) is 0.585. The smallest absolute Gasteiger partial charge is 0.363 e. The Morgan fingerprint density at radius 1 is 1.05 bits per heavy atom. The average Bonchev–Trinajstić information content (AvgIpc) is 2.83. The van der Waals surface area contributed by atoms with Gasteiger partial charge in [-0.1, -0.05) is 39.7 Å². The Balaban J connectivity index is 1.91. The summed E-state index contributed by atoms with van der Waals surface area (Å²) in [5, 5.41) is 0.644. The number of hydrogen-bond donors (Lipinski definition) is 0. The zero-order valence-electron chi connectivity index (χ0n) is 10.7. The molecule has 0 fully saturated rings. The van der Waals surface area contributed by atoms with Crippen LogP contribution in [0, 0.1) is 0 Å². The van der Waals surface area contributed by atoms with Gasteiger partial charge in [0.1, 0.15) is 0 Å². The lowest BCUT2D eigenvalue weighted by atomic mass is 10.2. The molecule has 0 aliphatic carbocycles. The number of cyclic esters (lactones) is 1. The van der Waals surface area contributed by atoms with Crippen LogP contribution < -0.4 is 0 Å². The first-order valence-electron chi connectivity index (χ1n) is 6.16. The minimum absolute atomic E-state index is 0.273. The van der Waals surface area contributed by atoms with Gasteiger partial charge in [0.05, 0.1) is 0 Å². The van der Waals surface area contributed by atoms with Gasteiger partial charge in [-0.3, -0.25) is 0 Å². The summed E-state index contributed by atoms with van der Waals surface area (Å²) in [4.78, 5) is 16.1. The van der Waals surface area contributed by atoms with Crippen molar-refractivity contribution < 1.29 is 9.53 Å². The zero-order chi connectivity index (χ0) is 14.8. The Morgan fingerprint density at radius 3 is 2.38 bits per heavy atom. The minimum atomic E-state index is -0.456. The van der Waals surface area contributed by atoms with E-state index in [2.05, 4.69) is 20.9 Å². The molecule has 0 amide bonds. The molecule has 5 heteroatoms. The summed E-state index contributed by atoms with van der Waals surface area (Å²) >= 11 is 9.19. The van der Waals surface area contributed by atoms with Crippen LogP contribution in [0.15, 0.2) is 63.7 Å². The molecule has 0 radical (unpaired) electrons. The average molecular weight is 363 g/mol. The number of carbonyl (C=O) groups is 1. The van der Waals surface area contributed by atoms with Gasteiger partial charge in [0.15, 0.2) is 5.70 Å². The Bertz CT molecular complexity index is 749. The molecule has 2 aromatic rings. The van der Waals surface area contributed by atoms with Crippen molar-refractivity contribution in [1.29, 1.82) is 0 Å². The standard InChI is InChI=1S/C16H9BrClNO2/c17-12-5-3-11(4-6-12)15-19-14(16(20)21-15)9-10-1-7-13(18)8-2-10/h1-9H/b14-9-. The Labute approximate surface area is 135 Å². The molecule has 3 rings (SSSR count). The molecule has 0 spiro atoms. The van der Waals surface area contributed by atoms with E-state index in [0.717, 1.165) is 15.6 Å². The van der Waals surface area contributed by atoms with Gasteiger partial charge in [-0.25, -0.2) is 9.79 Å². The van der Waals surface area contributed by atoms with Gasteiger partial charge in [-0.15, -0.1) is 0 Å². The van der Waals surface area contributed by atoms with Crippen LogP contribution in [-0.4, -0.2) is 11.9 Å². The SMILES string of the molecule is O=C1OC(c2ccc(Br)cc2)=N/C1=C\c1ccc(Cl)cc1. The van der Waals surface area contributed by atoms with E-state index >= 15 is 0 Å². The highest BCUT2D eigenvalue weighted by Gasteiger charge is 2.23. The van der Waals surface area contributed by atoms with Gasteiger partial charge in [0.25, 0.3) is 0 Å². The highest BCUT2D eigenvalue weighted by molar-refractivity contribution is 9.10. The predicted molar refractivity (Wildman–Crippen MR) is 86.2 cm³/mol. The second-order valence-corrected chi connectivity index (χ2v) is 5.75. The van der Waals surface area contributed by atoms with Crippen molar-refractivity contribution in [3.05, 3.63) is 74.9 Å². The number of rotatable bonds is 2. The van der Waals surface area contributed by atoms with Gasteiger partial charge in [-0.05, 0) is 48.0 Å². The molecular weight excluding hydrogens is 354 g/mol. The van der Waals surface area contributed by atoms with Crippen LogP contribution in [0.5, 0.6) is 0 Å². The fourth-order valence-corrected chi connectivity index (χ4v) is 2.23. The summed E-state index contributed by atoms with van der Waals surface area (Å²) in [6, 6.07) is 14.6. The zero-order valence-corrected chi connectivity index (χ0v) is 13.1. The van der Waals surface area contributed by atoms with E-state index in [4.69, 9.17) is 16.3 Å². The van der Waals surface area contributed by atoms with Crippen LogP contribution in [0.4, 0.5) is 0 Å². The van der Waals surface area contributed by atoms with Crippen LogP contribution >= 0.6 is 27.5 Å². The lowest BCUT2D eigenvalue weighted by Gasteiger charge is -1.98. The largest absolute Gasteiger partial charge is 0.402 e. The number of halogens is 2. The van der Waals surface area contributed by atoms with Crippen LogP contribution in [-0.2, 0) is 9.53 Å². The third-order valence-electron chi connectivity index (χ3n) is 2.89. The third-order valence-corrected chi connectivity index (χ3v) is 3.67. The molecule has 2 aromatic carbocycles. The van der Waals surface area contributed by atoms with Gasteiger partial charge >= 0.3 is 5.97 Å². The lowest BCUT2D eigenvalue weighted by Crippen LogP contribution is -2.05. The highest BCUT2D eigenvalue weighted by Crippen LogP contribution is 2.21. The normalized spacial score (nSPS) is 16.0. The summed E-state index contributed by atoms with van der Waals surface area (Å²) in [5.74, 6) is -0.143. The first-order chi connectivity index (χ1) is 10.1. The topological polar surface area (TPSA) is 38.7 Å². The molecule has 0 saturated heterocycles. The number of hydrogen-bond acceptors (Lipinski definition) is 3. The second-order valence-electron chi connectivity index (χ2n) is 4.39. The van der Waals surface area contributed by atoms with Crippen molar-refractivity contribution in [1.82, 2.24) is 0 Å². The molecule has 0 unspecified atom stereocenters. The number of ether oxygens (including phenoxy) is 1. The molecule has 104 valence electrons. The van der Waals surface area contributed by atoms with Gasteiger partial charge in [-0.2, -0.15) is 0 Å². The Morgan fingerprint density at radius 2 is 1.71 bits per heavy atom. The van der Waals surface area contributed by atoms with E-state index in [9.17, 15) is 4.79 Å². The molecule has 1 heterocycles. The molecule has 0 bridgehead atoms. The van der Waals surface area contributed by atoms with E-state index in [-0.39, 0.29) is 5.70 Å². The van der Waals surface area contributed by atoms with Crippen molar-refractivity contribution in [3.63, 3.8) is 0 Å². The van der Waals surface area contributed by atoms with E-state index in [1.807, 2.05) is 36.4 Å². The van der Waals surface area contributed by atoms with Crippen LogP contribution in [0.1, 0.15) is 11.1 Å². The Kier molecular flexibility index (Phi) is 3.90. The summed E-state index contributed by atoms with van der Waals surface area (Å²) in [5.41, 5.74) is 1.87. The molecule has 1 aliphatic heterocycles. The first kappa shape index (κ1) is 14.0. The van der Waals surface area contributed by atoms with Gasteiger partial charge < -0.3 is 4.74 Å². The Hall–Kier alpha value is -1.91. The summed E-state index contributed by atoms with van der Waals surface area (Å²) in [6.45, 7) is 0. The molecule has 1 aliphatic rings. The number of aliphatic imine (C=N–C) groups is 1. The fraction of sp³-hybridized carbons (Fsp3) is 0. The highest BCUT2D eigenvalue weighted by atomic mass is 79.9. The maximum absolute atomic E-state index is 11.9. The van der Waals surface area contributed by atoms with Crippen LogP contribution in [0.2, 0.25) is 5.02 Å². The first-order valence-corrected chi connectivity index (χ1v) is 7.33. The summed E-state index contributed by atoms with van der Waals surface area (Å²) in [7, 11) is 0. The molecular formula is C16H9BrClNO2. The van der Waals surface area contributed by atoms with E-state index in [1.165, 1.54) is 0 Å². The monoisotopic (exact) mass is 361 g/mol. The summed E-state index contributed by atoms with van der Waals surface area (Å²) < 4.78 is 6.15. The number of nitrogens with zero attached hydrogens (tertiary/aromatic N) is 1. The van der Waals surface area contributed by atoms with E-state index in [0.29, 0.717) is 10.9 Å². The molecule has 0 N–H and O–H groups in total. The minimum Gasteiger partial charge on any atom is -0.402 e. The lowest BCUT2D eigenvalue weighted by molar-refractivity contribution is -0.129. The van der Waals surface area contributed by atoms with Crippen molar-refractivity contribution in [2.45, 2.75) is 0 Å². The molecule has 0 aromatic heterocycles. The second kappa shape index (κ2) is 5.84. The van der Waals surface area contributed by atoms with Crippen molar-refractivity contribution in [2.75, 3.05) is 0 Å². The van der Waals surface area contributed by atoms with Crippen molar-refractivity contribution in [3.8, 4) is 0 Å². The predicted octanol–water partition coefficient (Wildman–Crippen LogP) is 4.45. The van der Waals surface area contributed by atoms with Crippen LogP contribution in [0.25, 0.3) is 6.08 Å². The molecule has 0 atom stereocenters. The summed E-state index contributed by atoms with van der Waals surface area (Å²) in [6.07, 6.45) is 1.67. The third kappa shape index (κ3) is 3.23. The maximum Gasteiger partial charge on any atom is 0.363 e. The molecule has 0 saturated carbocycles. The van der Waals surface area contributed by atoms with Gasteiger partial charge in [0, 0.05) is 15.1 Å². The number of carbonyl (C=O) groups excluding carboxylic acids is 1. The van der Waals surface area contributed by atoms with Crippen molar-refractivity contribution >= 4 is 45.5 Å². The van der Waals surface area contributed by atoms with E-state index in [1.54, 1.807) is 18.2 Å². The van der Waals surface area contributed by atoms with E-state index < -0.39 is 5.97 Å². The fourth-order valence-electron chi connectivity index (χ4n) is 1.84. The maximum atomic E-state index is 11.9. The van der Waals surface area contributed by atoms with Crippen LogP contribution in [0.3, 0.4) is 0 Å². The van der Waals surface area contributed by atoms with Gasteiger partial charge in [0.2, 0.25) is 5.90 Å². The van der Waals surface area contributed by atoms with Crippen molar-refractivity contribution in [2.24, 2.45) is 4.99 Å². The number of esters is 1. The molecule has 3 nitrogen and oxygen atoms in total. The molecule has 21 heavy (non-hydrogen) atoms.